The molecule has 1 rings (SSSR count). The van der Waals surface area contributed by atoms with Crippen LogP contribution in [0.2, 0.25) is 0 Å². The van der Waals surface area contributed by atoms with Crippen LogP contribution in [0, 0.1) is 5.41 Å². The summed E-state index contributed by atoms with van der Waals surface area (Å²) in [4.78, 5) is 2.14. The lowest BCUT2D eigenvalue weighted by Gasteiger charge is -2.30. The van der Waals surface area contributed by atoms with Gasteiger partial charge in [0, 0.05) is 6.61 Å². The van der Waals surface area contributed by atoms with E-state index in [0.717, 1.165) is 33.5 Å². The van der Waals surface area contributed by atoms with Crippen molar-refractivity contribution in [2.45, 2.75) is 39.1 Å². The smallest absolute Gasteiger partial charge is 0.239 e. The zero-order valence-electron chi connectivity index (χ0n) is 14.9. The fraction of sp³-hybridized carbons (Fsp3) is 1.00. The molecule has 0 bridgehead atoms. The van der Waals surface area contributed by atoms with Crippen LogP contribution in [-0.4, -0.2) is 78.6 Å². The molecule has 0 radical (unpaired) electrons. The van der Waals surface area contributed by atoms with Crippen molar-refractivity contribution in [1.82, 2.24) is 4.81 Å². The molecule has 1 fully saturated rings. The van der Waals surface area contributed by atoms with Crippen LogP contribution in [0.1, 0.15) is 33.1 Å². The van der Waals surface area contributed by atoms with Gasteiger partial charge in [0.05, 0.1) is 45.6 Å². The molecular weight excluding hydrogens is 281 g/mol. The number of hydrogen-bond donors (Lipinski definition) is 0. The lowest BCUT2D eigenvalue weighted by Crippen LogP contribution is -2.38. The van der Waals surface area contributed by atoms with Crippen molar-refractivity contribution in [1.29, 1.82) is 0 Å². The lowest BCUT2D eigenvalue weighted by molar-refractivity contribution is -0.0488. The molecule has 0 aromatic heterocycles. The summed E-state index contributed by atoms with van der Waals surface area (Å²) in [7, 11) is 4.99. The summed E-state index contributed by atoms with van der Waals surface area (Å²) in [5.41, 5.74) is 0.183. The fourth-order valence-electron chi connectivity index (χ4n) is 2.78. The molecule has 2 unspecified atom stereocenters. The van der Waals surface area contributed by atoms with Gasteiger partial charge in [-0.1, -0.05) is 20.3 Å². The Morgan fingerprint density at radius 1 is 1.05 bits per heavy atom. The quantitative estimate of drug-likeness (QED) is 0.736. The highest BCUT2D eigenvalue weighted by atomic mass is 16.6. The maximum Gasteiger partial charge on any atom is 0.239 e. The second kappa shape index (κ2) is 11.4. The topological polar surface area (TPSA) is 40.2 Å². The van der Waals surface area contributed by atoms with E-state index in [2.05, 4.69) is 32.8 Å². The van der Waals surface area contributed by atoms with Crippen molar-refractivity contribution < 1.29 is 18.9 Å². The van der Waals surface area contributed by atoms with Crippen molar-refractivity contribution in [2.24, 2.45) is 5.41 Å². The third-order valence-corrected chi connectivity index (χ3v) is 3.98. The monoisotopic (exact) mass is 315 g/mol. The van der Waals surface area contributed by atoms with Crippen LogP contribution in [0.5, 0.6) is 0 Å². The molecule has 2 atom stereocenters. The van der Waals surface area contributed by atoms with Crippen LogP contribution < -0.4 is 0 Å². The van der Waals surface area contributed by atoms with Gasteiger partial charge in [0.1, 0.15) is 0 Å². The van der Waals surface area contributed by atoms with Gasteiger partial charge >= 0.3 is 0 Å². The molecule has 1 aliphatic rings. The summed E-state index contributed by atoms with van der Waals surface area (Å²) in [5, 5.41) is 0. The summed E-state index contributed by atoms with van der Waals surface area (Å²) in [6, 6.07) is 0.101. The summed E-state index contributed by atoms with van der Waals surface area (Å²) in [6.07, 6.45) is 3.35. The zero-order valence-corrected chi connectivity index (χ0v) is 14.9. The Kier molecular flexibility index (Phi) is 10.3. The Labute approximate surface area is 136 Å². The van der Waals surface area contributed by atoms with E-state index in [-0.39, 0.29) is 11.4 Å². The highest BCUT2D eigenvalue weighted by Gasteiger charge is 2.25. The van der Waals surface area contributed by atoms with Gasteiger partial charge in [-0.15, -0.1) is 0 Å². The average Bonchev–Trinajstić information content (AvgIpc) is 2.44. The SMILES string of the molecule is CCCC1(C)CCOCCOCCOC(BN(C)C)COC1. The van der Waals surface area contributed by atoms with Gasteiger partial charge in [0.2, 0.25) is 7.41 Å². The largest absolute Gasteiger partial charge is 0.380 e. The lowest BCUT2D eigenvalue weighted by atomic mass is 9.82. The minimum absolute atomic E-state index is 0.101. The second-order valence-electron chi connectivity index (χ2n) is 6.81. The molecule has 1 saturated heterocycles. The van der Waals surface area contributed by atoms with Gasteiger partial charge in [0.25, 0.3) is 0 Å². The number of hydrogen-bond acceptors (Lipinski definition) is 5. The minimum atomic E-state index is 0.101. The molecule has 1 heterocycles. The van der Waals surface area contributed by atoms with E-state index in [1.54, 1.807) is 0 Å². The Hall–Kier alpha value is -0.135. The van der Waals surface area contributed by atoms with Crippen LogP contribution in [0.3, 0.4) is 0 Å². The Bertz CT molecular complexity index is 281. The van der Waals surface area contributed by atoms with Crippen molar-refractivity contribution in [3.63, 3.8) is 0 Å². The zero-order chi connectivity index (χ0) is 16.3. The van der Waals surface area contributed by atoms with E-state index in [4.69, 9.17) is 18.9 Å². The first kappa shape index (κ1) is 19.9. The maximum atomic E-state index is 6.01. The van der Waals surface area contributed by atoms with Gasteiger partial charge in [-0.3, -0.25) is 0 Å². The molecule has 22 heavy (non-hydrogen) atoms. The van der Waals surface area contributed by atoms with E-state index in [1.807, 2.05) is 0 Å². The maximum absolute atomic E-state index is 6.01. The normalized spacial score (nSPS) is 30.0. The predicted molar refractivity (Wildman–Crippen MR) is 90.7 cm³/mol. The van der Waals surface area contributed by atoms with Gasteiger partial charge in [0.15, 0.2) is 0 Å². The molecule has 130 valence electrons. The summed E-state index contributed by atoms with van der Waals surface area (Å²) in [5.74, 6) is 0. The van der Waals surface area contributed by atoms with Crippen LogP contribution in [0.15, 0.2) is 0 Å². The van der Waals surface area contributed by atoms with E-state index in [9.17, 15) is 0 Å². The van der Waals surface area contributed by atoms with E-state index in [1.165, 1.54) is 6.42 Å². The predicted octanol–water partition coefficient (Wildman–Crippen LogP) is 1.50. The van der Waals surface area contributed by atoms with Gasteiger partial charge in [-0.05, 0) is 32.4 Å². The first-order chi connectivity index (χ1) is 10.6. The fourth-order valence-corrected chi connectivity index (χ4v) is 2.78. The molecule has 0 N–H and O–H groups in total. The van der Waals surface area contributed by atoms with Crippen LogP contribution in [0.4, 0.5) is 0 Å². The van der Waals surface area contributed by atoms with Crippen molar-refractivity contribution in [3.8, 4) is 0 Å². The van der Waals surface area contributed by atoms with Gasteiger partial charge in [-0.2, -0.15) is 0 Å². The van der Waals surface area contributed by atoms with E-state index >= 15 is 0 Å². The van der Waals surface area contributed by atoms with E-state index < -0.39 is 0 Å². The number of ether oxygens (including phenoxy) is 4. The summed E-state index contributed by atoms with van der Waals surface area (Å²) >= 11 is 0. The molecule has 0 aromatic rings. The third-order valence-electron chi connectivity index (χ3n) is 3.98. The molecule has 0 aromatic carbocycles. The highest BCUT2D eigenvalue weighted by Crippen LogP contribution is 2.28. The molecule has 6 heteroatoms. The molecule has 0 amide bonds. The molecule has 0 spiro atoms. The number of rotatable bonds is 4. The molecule has 0 saturated carbocycles. The van der Waals surface area contributed by atoms with E-state index in [0.29, 0.717) is 33.0 Å². The highest BCUT2D eigenvalue weighted by molar-refractivity contribution is 6.33. The Morgan fingerprint density at radius 2 is 1.73 bits per heavy atom. The molecule has 1 aliphatic heterocycles. The van der Waals surface area contributed by atoms with Crippen LogP contribution in [-0.2, 0) is 18.9 Å². The van der Waals surface area contributed by atoms with Crippen molar-refractivity contribution in [2.75, 3.05) is 60.3 Å². The first-order valence-electron chi connectivity index (χ1n) is 8.55. The van der Waals surface area contributed by atoms with Crippen LogP contribution >= 0.6 is 0 Å². The van der Waals surface area contributed by atoms with Crippen LogP contribution in [0.25, 0.3) is 0 Å². The molecule has 0 aliphatic carbocycles. The van der Waals surface area contributed by atoms with Gasteiger partial charge < -0.3 is 23.8 Å². The average molecular weight is 315 g/mol. The van der Waals surface area contributed by atoms with Crippen molar-refractivity contribution >= 4 is 7.41 Å². The minimum Gasteiger partial charge on any atom is -0.380 e. The number of nitrogens with zero attached hydrogens (tertiary/aromatic N) is 1. The van der Waals surface area contributed by atoms with Gasteiger partial charge in [-0.25, -0.2) is 0 Å². The van der Waals surface area contributed by atoms with Crippen molar-refractivity contribution in [3.05, 3.63) is 0 Å². The standard InChI is InChI=1S/C16H34BNO4/c1-5-6-16(2)7-8-19-9-10-20-11-12-22-15(13-21-14-16)17-18(3)4/h15,17H,5-14H2,1-4H3. The Morgan fingerprint density at radius 3 is 2.41 bits per heavy atom. The summed E-state index contributed by atoms with van der Waals surface area (Å²) in [6.45, 7) is 9.22. The first-order valence-corrected chi connectivity index (χ1v) is 8.55. The Balaban J connectivity index is 2.53. The third kappa shape index (κ3) is 9.11. The molecular formula is C16H34BNO4. The second-order valence-corrected chi connectivity index (χ2v) is 6.81. The summed E-state index contributed by atoms with van der Waals surface area (Å²) < 4.78 is 23.1. The molecule has 5 nitrogen and oxygen atoms in total.